The number of halogens is 2. The van der Waals surface area contributed by atoms with Gasteiger partial charge in [-0.25, -0.2) is 0 Å². The Labute approximate surface area is 156 Å². The molecule has 3 nitrogen and oxygen atoms in total. The van der Waals surface area contributed by atoms with E-state index in [1.165, 1.54) is 22.7 Å². The first-order chi connectivity index (χ1) is 11.0. The lowest BCUT2D eigenvalue weighted by Gasteiger charge is -2.14. The summed E-state index contributed by atoms with van der Waals surface area (Å²) in [6.45, 7) is 0. The average Bonchev–Trinajstić information content (AvgIpc) is 2.79. The van der Waals surface area contributed by atoms with Gasteiger partial charge in [-0.1, -0.05) is 57.6 Å². The highest BCUT2D eigenvalue weighted by Crippen LogP contribution is 2.37. The number of rotatable bonds is 2. The van der Waals surface area contributed by atoms with Crippen LogP contribution in [0.4, 0.5) is 5.69 Å². The molecule has 116 valence electrons. The monoisotopic (exact) mass is 425 g/mol. The summed E-state index contributed by atoms with van der Waals surface area (Å²) < 4.78 is 1.41. The van der Waals surface area contributed by atoms with Crippen molar-refractivity contribution >= 4 is 73.5 Å². The van der Waals surface area contributed by atoms with Crippen LogP contribution in [0.2, 0.25) is 5.02 Å². The molecule has 1 fully saturated rings. The molecule has 0 aliphatic carbocycles. The predicted molar refractivity (Wildman–Crippen MR) is 103 cm³/mol. The van der Waals surface area contributed by atoms with E-state index in [0.29, 0.717) is 9.23 Å². The normalized spacial score (nSPS) is 16.4. The second-order valence-electron chi connectivity index (χ2n) is 4.70. The quantitative estimate of drug-likeness (QED) is 0.528. The number of nitrogens with zero attached hydrogens (tertiary/aromatic N) is 1. The summed E-state index contributed by atoms with van der Waals surface area (Å²) >= 11 is 15.8. The predicted octanol–water partition coefficient (Wildman–Crippen LogP) is 5.21. The maximum absolute atomic E-state index is 12.6. The second kappa shape index (κ2) is 6.65. The Bertz CT molecular complexity index is 836. The molecular weight excluding hydrogens is 418 g/mol. The number of carbonyl (C=O) groups is 1. The van der Waals surface area contributed by atoms with Crippen LogP contribution in [0.3, 0.4) is 0 Å². The van der Waals surface area contributed by atoms with Crippen molar-refractivity contribution in [2.45, 2.75) is 0 Å². The van der Waals surface area contributed by atoms with E-state index in [4.69, 9.17) is 23.8 Å². The molecule has 3 rings (SSSR count). The molecule has 0 aromatic heterocycles. The Morgan fingerprint density at radius 3 is 2.57 bits per heavy atom. The van der Waals surface area contributed by atoms with Gasteiger partial charge < -0.3 is 5.11 Å². The lowest BCUT2D eigenvalue weighted by atomic mass is 10.2. The van der Waals surface area contributed by atoms with Gasteiger partial charge in [-0.15, -0.1) is 0 Å². The van der Waals surface area contributed by atoms with Crippen LogP contribution in [0, 0.1) is 0 Å². The minimum absolute atomic E-state index is 0.00577. The number of hydrogen-bond acceptors (Lipinski definition) is 4. The minimum Gasteiger partial charge on any atom is -0.506 e. The van der Waals surface area contributed by atoms with Crippen LogP contribution in [-0.4, -0.2) is 15.3 Å². The highest BCUT2D eigenvalue weighted by molar-refractivity contribution is 9.10. The summed E-state index contributed by atoms with van der Waals surface area (Å²) in [5, 5.41) is 9.69. The summed E-state index contributed by atoms with van der Waals surface area (Å²) in [5.41, 5.74) is 1.45. The van der Waals surface area contributed by atoms with Gasteiger partial charge in [0.1, 0.15) is 5.75 Å². The molecule has 0 atom stereocenters. The van der Waals surface area contributed by atoms with E-state index in [-0.39, 0.29) is 16.7 Å². The van der Waals surface area contributed by atoms with Crippen molar-refractivity contribution in [2.24, 2.45) is 0 Å². The number of thioether (sulfide) groups is 1. The Kier molecular flexibility index (Phi) is 4.77. The zero-order valence-electron chi connectivity index (χ0n) is 11.5. The third-order valence-electron chi connectivity index (χ3n) is 3.15. The number of thiocarbonyl (C=S) groups is 1. The highest BCUT2D eigenvalue weighted by Gasteiger charge is 2.33. The standard InChI is InChI=1S/C16H9BrClNO2S2/c17-10-2-4-11(5-3-10)19-15(21)14(23-16(19)22)8-9-1-6-13(20)12(18)7-9/h1-8,20H/b14-8+. The topological polar surface area (TPSA) is 40.5 Å². The number of hydrogen-bond donors (Lipinski definition) is 1. The van der Waals surface area contributed by atoms with Gasteiger partial charge in [0.2, 0.25) is 0 Å². The van der Waals surface area contributed by atoms with Crippen LogP contribution in [-0.2, 0) is 4.79 Å². The highest BCUT2D eigenvalue weighted by atomic mass is 79.9. The van der Waals surface area contributed by atoms with Crippen molar-refractivity contribution in [3.63, 3.8) is 0 Å². The molecule has 1 aliphatic heterocycles. The molecule has 0 unspecified atom stereocenters. The zero-order valence-corrected chi connectivity index (χ0v) is 15.5. The number of phenolic OH excluding ortho intramolecular Hbond substituents is 1. The fourth-order valence-electron chi connectivity index (χ4n) is 2.04. The lowest BCUT2D eigenvalue weighted by Crippen LogP contribution is -2.27. The largest absolute Gasteiger partial charge is 0.506 e. The average molecular weight is 427 g/mol. The zero-order chi connectivity index (χ0) is 16.6. The minimum atomic E-state index is -0.175. The van der Waals surface area contributed by atoms with E-state index >= 15 is 0 Å². The van der Waals surface area contributed by atoms with E-state index in [1.54, 1.807) is 18.2 Å². The van der Waals surface area contributed by atoms with Crippen LogP contribution < -0.4 is 4.90 Å². The Morgan fingerprint density at radius 1 is 1.22 bits per heavy atom. The van der Waals surface area contributed by atoms with Crippen LogP contribution in [0.1, 0.15) is 5.56 Å². The van der Waals surface area contributed by atoms with Gasteiger partial charge in [-0.05, 0) is 48.0 Å². The lowest BCUT2D eigenvalue weighted by molar-refractivity contribution is -0.113. The molecule has 23 heavy (non-hydrogen) atoms. The van der Waals surface area contributed by atoms with Crippen LogP contribution in [0.5, 0.6) is 5.75 Å². The van der Waals surface area contributed by atoms with E-state index in [0.717, 1.165) is 15.7 Å². The van der Waals surface area contributed by atoms with Gasteiger partial charge in [0.05, 0.1) is 15.6 Å². The summed E-state index contributed by atoms with van der Waals surface area (Å²) in [6.07, 6.45) is 1.71. The number of amides is 1. The van der Waals surface area contributed by atoms with Gasteiger partial charge in [0.25, 0.3) is 5.91 Å². The summed E-state index contributed by atoms with van der Waals surface area (Å²) in [6, 6.07) is 12.2. The van der Waals surface area contributed by atoms with Gasteiger partial charge in [-0.3, -0.25) is 9.69 Å². The fraction of sp³-hybridized carbons (Fsp3) is 0. The van der Waals surface area contributed by atoms with Crippen molar-refractivity contribution in [1.82, 2.24) is 0 Å². The molecule has 1 saturated heterocycles. The Morgan fingerprint density at radius 2 is 1.91 bits per heavy atom. The van der Waals surface area contributed by atoms with Crippen molar-refractivity contribution in [1.29, 1.82) is 0 Å². The van der Waals surface area contributed by atoms with Crippen molar-refractivity contribution < 1.29 is 9.90 Å². The first-order valence-electron chi connectivity index (χ1n) is 6.48. The molecule has 1 heterocycles. The molecule has 7 heteroatoms. The first kappa shape index (κ1) is 16.5. The molecule has 0 spiro atoms. The van der Waals surface area contributed by atoms with Crippen molar-refractivity contribution in [3.8, 4) is 5.75 Å². The summed E-state index contributed by atoms with van der Waals surface area (Å²) in [5.74, 6) is -0.169. The van der Waals surface area contributed by atoms with Gasteiger partial charge in [-0.2, -0.15) is 0 Å². The van der Waals surface area contributed by atoms with Gasteiger partial charge in [0.15, 0.2) is 4.32 Å². The molecular formula is C16H9BrClNO2S2. The molecule has 1 aliphatic rings. The Balaban J connectivity index is 1.92. The number of phenols is 1. The fourth-order valence-corrected chi connectivity index (χ4v) is 3.80. The number of benzene rings is 2. The van der Waals surface area contributed by atoms with Crippen molar-refractivity contribution in [2.75, 3.05) is 4.90 Å². The second-order valence-corrected chi connectivity index (χ2v) is 7.70. The smallest absolute Gasteiger partial charge is 0.270 e. The molecule has 0 radical (unpaired) electrons. The number of anilines is 1. The molecule has 1 amide bonds. The van der Waals surface area contributed by atoms with E-state index in [2.05, 4.69) is 15.9 Å². The summed E-state index contributed by atoms with van der Waals surface area (Å²) in [7, 11) is 0. The summed E-state index contributed by atoms with van der Waals surface area (Å²) in [4.78, 5) is 14.6. The van der Waals surface area contributed by atoms with E-state index in [1.807, 2.05) is 24.3 Å². The van der Waals surface area contributed by atoms with Crippen LogP contribution in [0.15, 0.2) is 51.8 Å². The van der Waals surface area contributed by atoms with Crippen LogP contribution in [0.25, 0.3) is 6.08 Å². The van der Waals surface area contributed by atoms with Crippen molar-refractivity contribution in [3.05, 3.63) is 62.4 Å². The SMILES string of the molecule is O=C1/C(=C\c2ccc(O)c(Cl)c2)SC(=S)N1c1ccc(Br)cc1. The van der Waals surface area contributed by atoms with Crippen LogP contribution >= 0.6 is 51.5 Å². The number of carbonyl (C=O) groups excluding carboxylic acids is 1. The third kappa shape index (κ3) is 3.45. The van der Waals surface area contributed by atoms with Gasteiger partial charge >= 0.3 is 0 Å². The maximum Gasteiger partial charge on any atom is 0.270 e. The molecule has 1 N–H and O–H groups in total. The first-order valence-corrected chi connectivity index (χ1v) is 8.87. The Hall–Kier alpha value is -1.34. The van der Waals surface area contributed by atoms with E-state index < -0.39 is 0 Å². The molecule has 2 aromatic rings. The molecule has 0 bridgehead atoms. The maximum atomic E-state index is 12.6. The van der Waals surface area contributed by atoms with E-state index in [9.17, 15) is 9.90 Å². The number of aromatic hydroxyl groups is 1. The molecule has 0 saturated carbocycles. The third-order valence-corrected chi connectivity index (χ3v) is 5.28. The van der Waals surface area contributed by atoms with Gasteiger partial charge in [0, 0.05) is 4.47 Å². The molecule has 2 aromatic carbocycles.